The number of nitrogens with zero attached hydrogens (tertiary/aromatic N) is 1. The van der Waals surface area contributed by atoms with E-state index in [1.165, 1.54) is 6.07 Å². The van der Waals surface area contributed by atoms with Crippen molar-refractivity contribution in [3.8, 4) is 0 Å². The summed E-state index contributed by atoms with van der Waals surface area (Å²) in [6, 6.07) is 11.9. The first-order valence-electron chi connectivity index (χ1n) is 8.25. The molecule has 2 N–H and O–H groups in total. The topological polar surface area (TPSA) is 48.1 Å². The number of carbonyl (C=O) groups is 1. The minimum Gasteiger partial charge on any atom is -0.370 e. The normalized spacial score (nSPS) is 14.2. The number of nitrogens with one attached hydrogen (secondary N) is 2. The average molecular weight is 358 g/mol. The summed E-state index contributed by atoms with van der Waals surface area (Å²) in [5.74, 6) is -0.810. The summed E-state index contributed by atoms with van der Waals surface area (Å²) in [5, 5.41) is 4.17. The predicted octanol–water partition coefficient (Wildman–Crippen LogP) is 4.81. The highest BCUT2D eigenvalue weighted by molar-refractivity contribution is 6.31. The molecule has 0 bridgehead atoms. The van der Waals surface area contributed by atoms with E-state index < -0.39 is 5.82 Å². The van der Waals surface area contributed by atoms with Crippen molar-refractivity contribution in [3.63, 3.8) is 0 Å². The first-order chi connectivity index (χ1) is 12.1. The lowest BCUT2D eigenvalue weighted by molar-refractivity contribution is 0.102. The van der Waals surface area contributed by atoms with Crippen LogP contribution >= 0.6 is 11.6 Å². The van der Waals surface area contributed by atoms with Crippen molar-refractivity contribution in [2.45, 2.75) is 12.8 Å². The summed E-state index contributed by atoms with van der Waals surface area (Å²) in [6.07, 6.45) is 2.15. The number of carbonyl (C=O) groups excluding carboxylic acids is 1. The minimum atomic E-state index is -0.433. The number of amides is 1. The van der Waals surface area contributed by atoms with Gasteiger partial charge in [0.2, 0.25) is 0 Å². The number of fused-ring (bicyclic) bond motifs is 1. The van der Waals surface area contributed by atoms with Gasteiger partial charge in [0.1, 0.15) is 17.2 Å². The summed E-state index contributed by atoms with van der Waals surface area (Å²) in [5.41, 5.74) is 2.13. The summed E-state index contributed by atoms with van der Waals surface area (Å²) >= 11 is 5.98. The van der Waals surface area contributed by atoms with Crippen LogP contribution in [0.2, 0.25) is 5.02 Å². The summed E-state index contributed by atoms with van der Waals surface area (Å²) < 4.78 is 14.4. The fraction of sp³-hybridized carbons (Fsp3) is 0.211. The molecule has 0 atom stereocenters. The van der Waals surface area contributed by atoms with Gasteiger partial charge in [-0.15, -0.1) is 0 Å². The third-order valence-corrected chi connectivity index (χ3v) is 4.74. The molecule has 0 radical (unpaired) electrons. The highest BCUT2D eigenvalue weighted by atomic mass is 35.5. The Labute approximate surface area is 149 Å². The van der Waals surface area contributed by atoms with Gasteiger partial charge in [0.05, 0.1) is 5.69 Å². The summed E-state index contributed by atoms with van der Waals surface area (Å²) in [6.45, 7) is 1.74. The predicted molar refractivity (Wildman–Crippen MR) is 99.1 cm³/mol. The third kappa shape index (κ3) is 3.07. The van der Waals surface area contributed by atoms with E-state index in [0.29, 0.717) is 10.7 Å². The molecule has 128 valence electrons. The smallest absolute Gasteiger partial charge is 0.272 e. The molecule has 1 aliphatic rings. The SMILES string of the molecule is O=C(Nc1c(F)cccc1N1CCCC1)c1cc2cc(Cl)ccc2[nH]1. The Morgan fingerprint density at radius 2 is 1.96 bits per heavy atom. The Morgan fingerprint density at radius 1 is 1.16 bits per heavy atom. The van der Waals surface area contributed by atoms with Gasteiger partial charge in [0.25, 0.3) is 5.91 Å². The van der Waals surface area contributed by atoms with Crippen LogP contribution in [0.15, 0.2) is 42.5 Å². The fourth-order valence-corrected chi connectivity index (χ4v) is 3.45. The van der Waals surface area contributed by atoms with E-state index in [1.807, 2.05) is 12.1 Å². The number of H-pyrrole nitrogens is 1. The van der Waals surface area contributed by atoms with Crippen molar-refractivity contribution < 1.29 is 9.18 Å². The molecule has 4 rings (SSSR count). The van der Waals surface area contributed by atoms with Gasteiger partial charge in [-0.1, -0.05) is 17.7 Å². The van der Waals surface area contributed by atoms with E-state index in [4.69, 9.17) is 11.6 Å². The molecule has 1 aliphatic heterocycles. The molecule has 4 nitrogen and oxygen atoms in total. The van der Waals surface area contributed by atoms with E-state index in [9.17, 15) is 9.18 Å². The van der Waals surface area contributed by atoms with Gasteiger partial charge in [0, 0.05) is 29.0 Å². The van der Waals surface area contributed by atoms with E-state index in [-0.39, 0.29) is 11.6 Å². The third-order valence-electron chi connectivity index (χ3n) is 4.50. The van der Waals surface area contributed by atoms with Crippen LogP contribution < -0.4 is 10.2 Å². The molecule has 0 aliphatic carbocycles. The first kappa shape index (κ1) is 16.0. The number of hydrogen-bond acceptors (Lipinski definition) is 2. The molecule has 1 amide bonds. The molecular formula is C19H17ClFN3O. The van der Waals surface area contributed by atoms with Crippen LogP contribution in [0.4, 0.5) is 15.8 Å². The number of halogens is 2. The second-order valence-electron chi connectivity index (χ2n) is 6.20. The van der Waals surface area contributed by atoms with Crippen molar-refractivity contribution in [1.29, 1.82) is 0 Å². The monoisotopic (exact) mass is 357 g/mol. The Bertz CT molecular complexity index is 947. The van der Waals surface area contributed by atoms with Gasteiger partial charge >= 0.3 is 0 Å². The maximum atomic E-state index is 14.4. The van der Waals surface area contributed by atoms with Crippen molar-refractivity contribution in [3.05, 3.63) is 59.0 Å². The minimum absolute atomic E-state index is 0.228. The fourth-order valence-electron chi connectivity index (χ4n) is 3.26. The molecule has 25 heavy (non-hydrogen) atoms. The van der Waals surface area contributed by atoms with Crippen LogP contribution in [0.1, 0.15) is 23.3 Å². The molecule has 0 unspecified atom stereocenters. The van der Waals surface area contributed by atoms with Gasteiger partial charge in [-0.3, -0.25) is 4.79 Å². The van der Waals surface area contributed by atoms with Crippen molar-refractivity contribution >= 4 is 39.8 Å². The quantitative estimate of drug-likeness (QED) is 0.706. The lowest BCUT2D eigenvalue weighted by Crippen LogP contribution is -2.22. The molecule has 1 saturated heterocycles. The van der Waals surface area contributed by atoms with Gasteiger partial charge in [-0.05, 0) is 49.2 Å². The molecule has 0 spiro atoms. The number of para-hydroxylation sites is 1. The molecule has 6 heteroatoms. The van der Waals surface area contributed by atoms with Crippen LogP contribution in [-0.2, 0) is 0 Å². The van der Waals surface area contributed by atoms with E-state index in [0.717, 1.165) is 42.5 Å². The van der Waals surface area contributed by atoms with Crippen LogP contribution in [0.25, 0.3) is 10.9 Å². The van der Waals surface area contributed by atoms with Crippen LogP contribution in [0.5, 0.6) is 0 Å². The standard InChI is InChI=1S/C19H17ClFN3O/c20-13-6-7-15-12(10-13)11-16(22-15)19(25)23-18-14(21)4-3-5-17(18)24-8-1-2-9-24/h3-7,10-11,22H,1-2,8-9H2,(H,23,25). The number of rotatable bonds is 3. The summed E-state index contributed by atoms with van der Waals surface area (Å²) in [7, 11) is 0. The van der Waals surface area contributed by atoms with Crippen molar-refractivity contribution in [2.24, 2.45) is 0 Å². The number of hydrogen-bond donors (Lipinski definition) is 2. The number of benzene rings is 2. The zero-order valence-electron chi connectivity index (χ0n) is 13.5. The van der Waals surface area contributed by atoms with E-state index in [1.54, 1.807) is 24.3 Å². The second-order valence-corrected chi connectivity index (χ2v) is 6.63. The molecule has 1 aromatic heterocycles. The highest BCUT2D eigenvalue weighted by Gasteiger charge is 2.20. The van der Waals surface area contributed by atoms with Crippen LogP contribution in [0, 0.1) is 5.82 Å². The zero-order chi connectivity index (χ0) is 17.4. The molecule has 1 fully saturated rings. The van der Waals surface area contributed by atoms with Gasteiger partial charge in [-0.2, -0.15) is 0 Å². The maximum absolute atomic E-state index is 14.4. The number of anilines is 2. The maximum Gasteiger partial charge on any atom is 0.272 e. The molecule has 2 heterocycles. The Balaban J connectivity index is 1.65. The van der Waals surface area contributed by atoms with Crippen LogP contribution in [0.3, 0.4) is 0 Å². The van der Waals surface area contributed by atoms with Crippen molar-refractivity contribution in [1.82, 2.24) is 4.98 Å². The number of aromatic nitrogens is 1. The molecule has 2 aromatic carbocycles. The zero-order valence-corrected chi connectivity index (χ0v) is 14.2. The second kappa shape index (κ2) is 6.41. The molecule has 3 aromatic rings. The highest BCUT2D eigenvalue weighted by Crippen LogP contribution is 2.31. The van der Waals surface area contributed by atoms with Crippen LogP contribution in [-0.4, -0.2) is 24.0 Å². The Morgan fingerprint density at radius 3 is 2.76 bits per heavy atom. The number of aromatic amines is 1. The van der Waals surface area contributed by atoms with E-state index in [2.05, 4.69) is 15.2 Å². The average Bonchev–Trinajstić information content (AvgIpc) is 3.25. The largest absolute Gasteiger partial charge is 0.370 e. The Hall–Kier alpha value is -2.53. The van der Waals surface area contributed by atoms with Crippen molar-refractivity contribution in [2.75, 3.05) is 23.3 Å². The Kier molecular flexibility index (Phi) is 4.09. The van der Waals surface area contributed by atoms with E-state index >= 15 is 0 Å². The molecular weight excluding hydrogens is 341 g/mol. The molecule has 0 saturated carbocycles. The lowest BCUT2D eigenvalue weighted by atomic mass is 10.2. The lowest BCUT2D eigenvalue weighted by Gasteiger charge is -2.21. The summed E-state index contributed by atoms with van der Waals surface area (Å²) in [4.78, 5) is 17.8. The van der Waals surface area contributed by atoms with Gasteiger partial charge < -0.3 is 15.2 Å². The van der Waals surface area contributed by atoms with Gasteiger partial charge in [0.15, 0.2) is 0 Å². The van der Waals surface area contributed by atoms with Gasteiger partial charge in [-0.25, -0.2) is 4.39 Å². The first-order valence-corrected chi connectivity index (χ1v) is 8.63.